The fourth-order valence-electron chi connectivity index (χ4n) is 4.08. The molecule has 0 atom stereocenters. The minimum atomic E-state index is 0.749. The first kappa shape index (κ1) is 22.0. The highest BCUT2D eigenvalue weighted by atomic mass is 15.1. The maximum Gasteiger partial charge on any atom is 0.00385 e. The van der Waals surface area contributed by atoms with E-state index >= 15 is 0 Å². The van der Waals surface area contributed by atoms with Crippen molar-refractivity contribution in [1.29, 1.82) is 0 Å². The molecule has 1 N–H and O–H groups in total. The molecule has 1 rings (SSSR count). The molecule has 0 unspecified atom stereocenters. The van der Waals surface area contributed by atoms with Crippen LogP contribution in [0.25, 0.3) is 0 Å². The molecule has 0 aromatic carbocycles. The van der Waals surface area contributed by atoms with E-state index in [4.69, 9.17) is 0 Å². The molecule has 0 aliphatic carbocycles. The molecule has 1 aliphatic rings. The van der Waals surface area contributed by atoms with Gasteiger partial charge in [-0.25, -0.2) is 0 Å². The van der Waals surface area contributed by atoms with Crippen molar-refractivity contribution in [2.45, 2.75) is 110 Å². The van der Waals surface area contributed by atoms with Crippen molar-refractivity contribution in [3.05, 3.63) is 0 Å². The average Bonchev–Trinajstić information content (AvgIpc) is 2.59. The summed E-state index contributed by atoms with van der Waals surface area (Å²) in [5.74, 6) is 1.03. The maximum absolute atomic E-state index is 3.23. The Morgan fingerprint density at radius 2 is 1.21 bits per heavy atom. The number of unbranched alkanes of at least 4 members (excludes halogenated alkanes) is 10. The molecule has 0 spiro atoms. The van der Waals surface area contributed by atoms with E-state index in [0.29, 0.717) is 0 Å². The lowest BCUT2D eigenvalue weighted by Crippen LogP contribution is -2.38. The van der Waals surface area contributed by atoms with Crippen LogP contribution in [0.1, 0.15) is 104 Å². The standard InChI is InChI=1S/C22H46N2/c1-21(2)24-19-16-22(17-20-24)15-13-11-9-7-5-4-6-8-10-12-14-18-23-3/h21-23H,4-20H2,1-3H3. The van der Waals surface area contributed by atoms with Crippen LogP contribution in [0, 0.1) is 5.92 Å². The predicted octanol–water partition coefficient (Wildman–Crippen LogP) is 6.01. The van der Waals surface area contributed by atoms with Crippen molar-refractivity contribution >= 4 is 0 Å². The van der Waals surface area contributed by atoms with Crippen LogP contribution in [0.3, 0.4) is 0 Å². The average molecular weight is 339 g/mol. The van der Waals surface area contributed by atoms with Crippen molar-refractivity contribution in [2.75, 3.05) is 26.7 Å². The van der Waals surface area contributed by atoms with Gasteiger partial charge in [-0.15, -0.1) is 0 Å². The van der Waals surface area contributed by atoms with Gasteiger partial charge in [0.1, 0.15) is 0 Å². The summed E-state index contributed by atoms with van der Waals surface area (Å²) >= 11 is 0. The topological polar surface area (TPSA) is 15.3 Å². The summed E-state index contributed by atoms with van der Waals surface area (Å²) < 4.78 is 0. The highest BCUT2D eigenvalue weighted by Gasteiger charge is 2.20. The zero-order chi connectivity index (χ0) is 17.5. The smallest absolute Gasteiger partial charge is 0.00385 e. The van der Waals surface area contributed by atoms with Gasteiger partial charge in [0.2, 0.25) is 0 Å². The predicted molar refractivity (Wildman–Crippen MR) is 109 cm³/mol. The molecule has 0 radical (unpaired) electrons. The van der Waals surface area contributed by atoms with Crippen LogP contribution in [0.5, 0.6) is 0 Å². The monoisotopic (exact) mass is 338 g/mol. The van der Waals surface area contributed by atoms with Gasteiger partial charge in [-0.05, 0) is 65.7 Å². The lowest BCUT2D eigenvalue weighted by Gasteiger charge is -2.34. The first-order chi connectivity index (χ1) is 11.7. The largest absolute Gasteiger partial charge is 0.320 e. The van der Waals surface area contributed by atoms with E-state index in [2.05, 4.69) is 31.1 Å². The third-order valence-electron chi connectivity index (χ3n) is 5.92. The summed E-state index contributed by atoms with van der Waals surface area (Å²) in [7, 11) is 2.05. The van der Waals surface area contributed by atoms with E-state index in [0.717, 1.165) is 12.0 Å². The molecule has 0 saturated carbocycles. The Bertz CT molecular complexity index is 257. The lowest BCUT2D eigenvalue weighted by atomic mass is 9.90. The molecule has 1 fully saturated rings. The Labute approximate surface area is 153 Å². The SMILES string of the molecule is CNCCCCCCCCCCCCCC1CCN(C(C)C)CC1. The number of nitrogens with one attached hydrogen (secondary N) is 1. The maximum atomic E-state index is 3.23. The second-order valence-electron chi connectivity index (χ2n) is 8.35. The Morgan fingerprint density at radius 1 is 0.750 bits per heavy atom. The molecule has 24 heavy (non-hydrogen) atoms. The van der Waals surface area contributed by atoms with Crippen LogP contribution in [-0.2, 0) is 0 Å². The minimum Gasteiger partial charge on any atom is -0.320 e. The van der Waals surface area contributed by atoms with Crippen LogP contribution >= 0.6 is 0 Å². The molecular formula is C22H46N2. The van der Waals surface area contributed by atoms with E-state index in [1.165, 1.54) is 110 Å². The first-order valence-electron chi connectivity index (χ1n) is 11.1. The molecule has 2 nitrogen and oxygen atoms in total. The van der Waals surface area contributed by atoms with Gasteiger partial charge in [-0.1, -0.05) is 70.6 Å². The molecular weight excluding hydrogens is 292 g/mol. The minimum absolute atomic E-state index is 0.749. The van der Waals surface area contributed by atoms with Gasteiger partial charge in [0.05, 0.1) is 0 Å². The fraction of sp³-hybridized carbons (Fsp3) is 1.00. The van der Waals surface area contributed by atoms with Crippen LogP contribution in [0.2, 0.25) is 0 Å². The number of likely N-dealkylation sites (tertiary alicyclic amines) is 1. The van der Waals surface area contributed by atoms with Gasteiger partial charge < -0.3 is 10.2 Å². The fourth-order valence-corrected chi connectivity index (χ4v) is 4.08. The Balaban J connectivity index is 1.77. The molecule has 144 valence electrons. The Morgan fingerprint density at radius 3 is 1.67 bits per heavy atom. The van der Waals surface area contributed by atoms with Gasteiger partial charge in [-0.2, -0.15) is 0 Å². The van der Waals surface area contributed by atoms with Crippen molar-refractivity contribution in [3.8, 4) is 0 Å². The van der Waals surface area contributed by atoms with Gasteiger partial charge >= 0.3 is 0 Å². The number of rotatable bonds is 15. The summed E-state index contributed by atoms with van der Waals surface area (Å²) in [5, 5.41) is 3.23. The van der Waals surface area contributed by atoms with Crippen molar-refractivity contribution < 1.29 is 0 Å². The highest BCUT2D eigenvalue weighted by molar-refractivity contribution is 4.74. The molecule has 0 bridgehead atoms. The first-order valence-corrected chi connectivity index (χ1v) is 11.1. The van der Waals surface area contributed by atoms with Crippen molar-refractivity contribution in [3.63, 3.8) is 0 Å². The van der Waals surface area contributed by atoms with Gasteiger partial charge in [0, 0.05) is 6.04 Å². The van der Waals surface area contributed by atoms with Crippen LogP contribution in [0.4, 0.5) is 0 Å². The summed E-state index contributed by atoms with van der Waals surface area (Å²) in [4.78, 5) is 2.65. The Hall–Kier alpha value is -0.0800. The summed E-state index contributed by atoms with van der Waals surface area (Å²) in [6, 6.07) is 0.749. The molecule has 0 amide bonds. The van der Waals surface area contributed by atoms with E-state index in [-0.39, 0.29) is 0 Å². The molecule has 1 heterocycles. The van der Waals surface area contributed by atoms with E-state index < -0.39 is 0 Å². The van der Waals surface area contributed by atoms with E-state index in [1.54, 1.807) is 0 Å². The van der Waals surface area contributed by atoms with E-state index in [9.17, 15) is 0 Å². The van der Waals surface area contributed by atoms with E-state index in [1.807, 2.05) is 0 Å². The van der Waals surface area contributed by atoms with Crippen molar-refractivity contribution in [2.24, 2.45) is 5.92 Å². The highest BCUT2D eigenvalue weighted by Crippen LogP contribution is 2.24. The third-order valence-corrected chi connectivity index (χ3v) is 5.92. The third kappa shape index (κ3) is 11.5. The zero-order valence-electron chi connectivity index (χ0n) is 17.1. The van der Waals surface area contributed by atoms with Gasteiger partial charge in [0.15, 0.2) is 0 Å². The molecule has 1 aliphatic heterocycles. The summed E-state index contributed by atoms with van der Waals surface area (Å²) in [5.41, 5.74) is 0. The number of piperidine rings is 1. The van der Waals surface area contributed by atoms with Crippen LogP contribution < -0.4 is 5.32 Å². The van der Waals surface area contributed by atoms with Gasteiger partial charge in [0.25, 0.3) is 0 Å². The summed E-state index contributed by atoms with van der Waals surface area (Å²) in [6.07, 6.45) is 20.4. The van der Waals surface area contributed by atoms with Gasteiger partial charge in [-0.3, -0.25) is 0 Å². The number of hydrogen-bond acceptors (Lipinski definition) is 2. The normalized spacial score (nSPS) is 17.0. The lowest BCUT2D eigenvalue weighted by molar-refractivity contribution is 0.144. The number of hydrogen-bond donors (Lipinski definition) is 1. The second kappa shape index (κ2) is 15.2. The van der Waals surface area contributed by atoms with Crippen LogP contribution in [0.15, 0.2) is 0 Å². The quantitative estimate of drug-likeness (QED) is 0.368. The van der Waals surface area contributed by atoms with Crippen molar-refractivity contribution in [1.82, 2.24) is 10.2 Å². The zero-order valence-corrected chi connectivity index (χ0v) is 17.1. The molecule has 0 aromatic heterocycles. The second-order valence-corrected chi connectivity index (χ2v) is 8.35. The summed E-state index contributed by atoms with van der Waals surface area (Å²) in [6.45, 7) is 8.56. The Kier molecular flexibility index (Phi) is 13.9. The molecule has 0 aromatic rings. The number of nitrogens with zero attached hydrogens (tertiary/aromatic N) is 1. The van der Waals surface area contributed by atoms with Crippen LogP contribution in [-0.4, -0.2) is 37.6 Å². The molecule has 1 saturated heterocycles. The molecule has 2 heteroatoms.